The summed E-state index contributed by atoms with van der Waals surface area (Å²) in [6.07, 6.45) is 0. The number of hydrogen-bond acceptors (Lipinski definition) is 2. The average molecular weight is 283 g/mol. The summed E-state index contributed by atoms with van der Waals surface area (Å²) in [7, 11) is 1.68. The van der Waals surface area contributed by atoms with Gasteiger partial charge >= 0.3 is 0 Å². The molecule has 2 aromatic carbocycles. The minimum atomic E-state index is -0.580. The maximum Gasteiger partial charge on any atom is 0.124 e. The third kappa shape index (κ3) is 3.11. The average Bonchev–Trinajstić information content (AvgIpc) is 2.46. The predicted octanol–water partition coefficient (Wildman–Crippen LogP) is 4.21. The summed E-state index contributed by atoms with van der Waals surface area (Å²) in [5.41, 5.74) is 9.57. The van der Waals surface area contributed by atoms with E-state index >= 15 is 0 Å². The molecule has 0 amide bonds. The Labute approximate surface area is 127 Å². The molecule has 0 radical (unpaired) electrons. The molecule has 2 aromatic rings. The van der Waals surface area contributed by atoms with Crippen LogP contribution in [0, 0.1) is 0 Å². The number of para-hydroxylation sites is 1. The van der Waals surface area contributed by atoms with E-state index in [-0.39, 0.29) is 5.41 Å². The first kappa shape index (κ1) is 15.6. The van der Waals surface area contributed by atoms with Gasteiger partial charge in [0, 0.05) is 5.56 Å². The lowest BCUT2D eigenvalue weighted by atomic mass is 9.81. The molecule has 0 heterocycles. The molecule has 0 saturated heterocycles. The largest absolute Gasteiger partial charge is 0.496 e. The van der Waals surface area contributed by atoms with E-state index in [0.717, 1.165) is 16.9 Å². The summed E-state index contributed by atoms with van der Waals surface area (Å²) in [4.78, 5) is 0. The molecule has 0 aliphatic rings. The van der Waals surface area contributed by atoms with Crippen LogP contribution in [0.15, 0.2) is 48.5 Å². The van der Waals surface area contributed by atoms with Crippen LogP contribution >= 0.6 is 0 Å². The van der Waals surface area contributed by atoms with Crippen molar-refractivity contribution < 1.29 is 4.74 Å². The zero-order valence-electron chi connectivity index (χ0n) is 13.6. The lowest BCUT2D eigenvalue weighted by Crippen LogP contribution is -2.34. The van der Waals surface area contributed by atoms with Crippen LogP contribution < -0.4 is 10.5 Å². The van der Waals surface area contributed by atoms with E-state index < -0.39 is 5.54 Å². The molecule has 2 rings (SSSR count). The van der Waals surface area contributed by atoms with Crippen LogP contribution in [0.4, 0.5) is 0 Å². The quantitative estimate of drug-likeness (QED) is 0.915. The maximum absolute atomic E-state index is 6.61. The Bertz CT molecular complexity index is 606. The molecule has 2 N–H and O–H groups in total. The highest BCUT2D eigenvalue weighted by Gasteiger charge is 2.27. The van der Waals surface area contributed by atoms with Gasteiger partial charge in [-0.3, -0.25) is 0 Å². The van der Waals surface area contributed by atoms with Crippen molar-refractivity contribution in [2.75, 3.05) is 7.11 Å². The Morgan fingerprint density at radius 1 is 0.810 bits per heavy atom. The highest BCUT2D eigenvalue weighted by atomic mass is 16.5. The monoisotopic (exact) mass is 283 g/mol. The number of methoxy groups -OCH3 is 1. The summed E-state index contributed by atoms with van der Waals surface area (Å²) in [6, 6.07) is 16.5. The molecule has 0 fully saturated rings. The number of nitrogens with two attached hydrogens (primary N) is 1. The van der Waals surface area contributed by atoms with E-state index in [0.29, 0.717) is 0 Å². The fourth-order valence-corrected chi connectivity index (χ4v) is 2.55. The van der Waals surface area contributed by atoms with Gasteiger partial charge in [-0.15, -0.1) is 0 Å². The summed E-state index contributed by atoms with van der Waals surface area (Å²) < 4.78 is 5.45. The second-order valence-corrected chi connectivity index (χ2v) is 6.73. The minimum Gasteiger partial charge on any atom is -0.496 e. The smallest absolute Gasteiger partial charge is 0.124 e. The highest BCUT2D eigenvalue weighted by molar-refractivity contribution is 5.46. The van der Waals surface area contributed by atoms with Gasteiger partial charge in [0.05, 0.1) is 12.6 Å². The van der Waals surface area contributed by atoms with Crippen molar-refractivity contribution in [3.8, 4) is 5.75 Å². The Morgan fingerprint density at radius 3 is 1.86 bits per heavy atom. The first-order valence-corrected chi connectivity index (χ1v) is 7.30. The maximum atomic E-state index is 6.61. The van der Waals surface area contributed by atoms with Gasteiger partial charge in [0.25, 0.3) is 0 Å². The lowest BCUT2D eigenvalue weighted by molar-refractivity contribution is 0.399. The number of ether oxygens (including phenoxy) is 1. The molecule has 2 heteroatoms. The van der Waals surface area contributed by atoms with Crippen LogP contribution in [0.1, 0.15) is 44.4 Å². The molecule has 112 valence electrons. The Balaban J connectivity index is 2.44. The molecule has 0 aromatic heterocycles. The summed E-state index contributed by atoms with van der Waals surface area (Å²) in [5.74, 6) is 0.822. The van der Waals surface area contributed by atoms with E-state index in [1.54, 1.807) is 7.11 Å². The van der Waals surface area contributed by atoms with Crippen LogP contribution in [0.2, 0.25) is 0 Å². The third-order valence-electron chi connectivity index (χ3n) is 4.02. The van der Waals surface area contributed by atoms with Crippen molar-refractivity contribution >= 4 is 0 Å². The summed E-state index contributed by atoms with van der Waals surface area (Å²) in [6.45, 7) is 8.66. The molecule has 0 aliphatic heterocycles. The summed E-state index contributed by atoms with van der Waals surface area (Å²) >= 11 is 0. The second-order valence-electron chi connectivity index (χ2n) is 6.73. The van der Waals surface area contributed by atoms with Crippen molar-refractivity contribution in [1.82, 2.24) is 0 Å². The molecule has 0 bridgehead atoms. The van der Waals surface area contributed by atoms with Gasteiger partial charge in [-0.1, -0.05) is 63.2 Å². The van der Waals surface area contributed by atoms with E-state index in [9.17, 15) is 0 Å². The first-order valence-electron chi connectivity index (χ1n) is 7.30. The molecule has 21 heavy (non-hydrogen) atoms. The molecule has 1 atom stereocenters. The second kappa shape index (κ2) is 5.53. The Morgan fingerprint density at radius 2 is 1.33 bits per heavy atom. The lowest BCUT2D eigenvalue weighted by Gasteiger charge is -2.28. The van der Waals surface area contributed by atoms with Crippen molar-refractivity contribution in [3.63, 3.8) is 0 Å². The van der Waals surface area contributed by atoms with Crippen LogP contribution in [0.3, 0.4) is 0 Å². The van der Waals surface area contributed by atoms with E-state index in [4.69, 9.17) is 10.5 Å². The van der Waals surface area contributed by atoms with Gasteiger partial charge in [-0.2, -0.15) is 0 Å². The minimum absolute atomic E-state index is 0.147. The molecule has 2 nitrogen and oxygen atoms in total. The number of benzene rings is 2. The standard InChI is InChI=1S/C19H25NO/c1-18(2,3)14-10-12-15(13-11-14)19(4,20)16-8-6-7-9-17(16)21-5/h6-13H,20H2,1-5H3. The van der Waals surface area contributed by atoms with Crippen LogP contribution in [0.5, 0.6) is 5.75 Å². The van der Waals surface area contributed by atoms with Crippen LogP contribution in [-0.2, 0) is 11.0 Å². The molecular formula is C19H25NO. The predicted molar refractivity (Wildman–Crippen MR) is 88.8 cm³/mol. The highest BCUT2D eigenvalue weighted by Crippen LogP contribution is 2.34. The fraction of sp³-hybridized carbons (Fsp3) is 0.368. The van der Waals surface area contributed by atoms with Crippen LogP contribution in [-0.4, -0.2) is 7.11 Å². The first-order chi connectivity index (χ1) is 9.76. The fourth-order valence-electron chi connectivity index (χ4n) is 2.55. The van der Waals surface area contributed by atoms with Gasteiger partial charge in [-0.05, 0) is 29.5 Å². The van der Waals surface area contributed by atoms with E-state index in [1.807, 2.05) is 31.2 Å². The molecule has 0 spiro atoms. The Kier molecular flexibility index (Phi) is 4.11. The summed E-state index contributed by atoms with van der Waals surface area (Å²) in [5, 5.41) is 0. The molecule has 1 unspecified atom stereocenters. The van der Waals surface area contributed by atoms with Gasteiger partial charge in [0.15, 0.2) is 0 Å². The van der Waals surface area contributed by atoms with E-state index in [1.165, 1.54) is 5.56 Å². The zero-order valence-corrected chi connectivity index (χ0v) is 13.6. The molecule has 0 aliphatic carbocycles. The number of rotatable bonds is 3. The van der Waals surface area contributed by atoms with Gasteiger partial charge in [-0.25, -0.2) is 0 Å². The number of hydrogen-bond donors (Lipinski definition) is 1. The van der Waals surface area contributed by atoms with Crippen molar-refractivity contribution in [2.24, 2.45) is 5.73 Å². The zero-order chi connectivity index (χ0) is 15.7. The van der Waals surface area contributed by atoms with E-state index in [2.05, 4.69) is 45.0 Å². The molecule has 0 saturated carbocycles. The van der Waals surface area contributed by atoms with Gasteiger partial charge in [0.2, 0.25) is 0 Å². The topological polar surface area (TPSA) is 35.2 Å². The van der Waals surface area contributed by atoms with Crippen LogP contribution in [0.25, 0.3) is 0 Å². The van der Waals surface area contributed by atoms with Gasteiger partial charge in [0.1, 0.15) is 5.75 Å². The van der Waals surface area contributed by atoms with Gasteiger partial charge < -0.3 is 10.5 Å². The third-order valence-corrected chi connectivity index (χ3v) is 4.02. The molecular weight excluding hydrogens is 258 g/mol. The normalized spacial score (nSPS) is 14.6. The van der Waals surface area contributed by atoms with Crippen molar-refractivity contribution in [2.45, 2.75) is 38.6 Å². The SMILES string of the molecule is COc1ccccc1C(C)(N)c1ccc(C(C)(C)C)cc1. The Hall–Kier alpha value is -1.80. The van der Waals surface area contributed by atoms with Crippen molar-refractivity contribution in [3.05, 3.63) is 65.2 Å². The van der Waals surface area contributed by atoms with Crippen molar-refractivity contribution in [1.29, 1.82) is 0 Å².